The van der Waals surface area contributed by atoms with Crippen LogP contribution in [0.5, 0.6) is 23.0 Å². The zero-order chi connectivity index (χ0) is 26.6. The summed E-state index contributed by atoms with van der Waals surface area (Å²) in [5, 5.41) is 0. The number of ether oxygens (including phenoxy) is 2. The van der Waals surface area contributed by atoms with Crippen molar-refractivity contribution in [3.63, 3.8) is 0 Å². The Kier molecular flexibility index (Phi) is 6.41. The number of hydrogen-bond donors (Lipinski definition) is 2. The molecule has 0 saturated carbocycles. The van der Waals surface area contributed by atoms with E-state index in [1.165, 1.54) is 0 Å². The van der Waals surface area contributed by atoms with E-state index in [1.54, 1.807) is 0 Å². The smallest absolute Gasteiger partial charge is 0.227 e. The Bertz CT molecular complexity index is 1570. The molecule has 0 amide bonds. The third-order valence-electron chi connectivity index (χ3n) is 6.12. The summed E-state index contributed by atoms with van der Waals surface area (Å²) in [6.45, 7) is 0. The molecule has 0 atom stereocenters. The van der Waals surface area contributed by atoms with Crippen LogP contribution in [0.25, 0.3) is 34.0 Å². The summed E-state index contributed by atoms with van der Waals surface area (Å²) in [6.07, 6.45) is 0. The summed E-state index contributed by atoms with van der Waals surface area (Å²) in [4.78, 5) is 4.88. The van der Waals surface area contributed by atoms with Crippen molar-refractivity contribution in [2.75, 3.05) is 11.5 Å². The number of anilines is 2. The monoisotopic (exact) mass is 511 g/mol. The average molecular weight is 512 g/mol. The largest absolute Gasteiger partial charge is 0.457 e. The normalized spacial score (nSPS) is 10.8. The molecule has 5 aromatic carbocycles. The van der Waals surface area contributed by atoms with Crippen LogP contribution < -0.4 is 20.9 Å². The van der Waals surface area contributed by atoms with Crippen molar-refractivity contribution < 1.29 is 13.9 Å². The first-order chi connectivity index (χ1) is 19.1. The molecule has 4 N–H and O–H groups in total. The summed E-state index contributed by atoms with van der Waals surface area (Å²) in [5.41, 5.74) is 16.4. The van der Waals surface area contributed by atoms with E-state index >= 15 is 0 Å². The molecule has 0 radical (unpaired) electrons. The van der Waals surface area contributed by atoms with Gasteiger partial charge in [-0.3, -0.25) is 0 Å². The van der Waals surface area contributed by atoms with Crippen molar-refractivity contribution >= 4 is 11.4 Å². The Balaban J connectivity index is 1.31. The van der Waals surface area contributed by atoms with Gasteiger partial charge in [-0.2, -0.15) is 0 Å². The molecule has 39 heavy (non-hydrogen) atoms. The summed E-state index contributed by atoms with van der Waals surface area (Å²) in [7, 11) is 0. The summed E-state index contributed by atoms with van der Waals surface area (Å²) in [5.74, 6) is 4.06. The lowest BCUT2D eigenvalue weighted by molar-refractivity contribution is 0.482. The van der Waals surface area contributed by atoms with Gasteiger partial charge in [0, 0.05) is 28.1 Å². The van der Waals surface area contributed by atoms with Gasteiger partial charge in [0.15, 0.2) is 5.76 Å². The van der Waals surface area contributed by atoms with Crippen molar-refractivity contribution in [2.24, 2.45) is 0 Å². The molecule has 6 rings (SSSR count). The fraction of sp³-hybridized carbons (Fsp3) is 0. The number of benzene rings is 5. The van der Waals surface area contributed by atoms with Crippen molar-refractivity contribution in [1.82, 2.24) is 4.98 Å². The average Bonchev–Trinajstić information content (AvgIpc) is 3.42. The predicted molar refractivity (Wildman–Crippen MR) is 155 cm³/mol. The second-order valence-electron chi connectivity index (χ2n) is 8.95. The molecular formula is C33H25N3O3. The molecular weight excluding hydrogens is 486 g/mol. The van der Waals surface area contributed by atoms with Gasteiger partial charge in [0.1, 0.15) is 28.7 Å². The van der Waals surface area contributed by atoms with E-state index in [2.05, 4.69) is 0 Å². The topological polar surface area (TPSA) is 96.5 Å². The van der Waals surface area contributed by atoms with Crippen LogP contribution in [0.3, 0.4) is 0 Å². The molecule has 6 aromatic rings. The second-order valence-corrected chi connectivity index (χ2v) is 8.95. The molecule has 0 saturated heterocycles. The van der Waals surface area contributed by atoms with Crippen LogP contribution in [-0.4, -0.2) is 4.98 Å². The molecule has 1 aromatic heterocycles. The van der Waals surface area contributed by atoms with Gasteiger partial charge >= 0.3 is 0 Å². The van der Waals surface area contributed by atoms with Crippen LogP contribution in [0.4, 0.5) is 11.4 Å². The van der Waals surface area contributed by atoms with Crippen LogP contribution in [0, 0.1) is 0 Å². The summed E-state index contributed by atoms with van der Waals surface area (Å²) >= 11 is 0. The van der Waals surface area contributed by atoms with Gasteiger partial charge in [0.2, 0.25) is 5.89 Å². The van der Waals surface area contributed by atoms with Gasteiger partial charge in [-0.05, 0) is 109 Å². The number of oxazole rings is 1. The molecule has 0 fully saturated rings. The van der Waals surface area contributed by atoms with E-state index in [0.29, 0.717) is 46.0 Å². The first-order valence-electron chi connectivity index (χ1n) is 12.4. The van der Waals surface area contributed by atoms with Crippen LogP contribution in [0.1, 0.15) is 0 Å². The van der Waals surface area contributed by atoms with Gasteiger partial charge in [0.05, 0.1) is 0 Å². The standard InChI is InChI=1S/C33H25N3O3/c34-25-10-18-29(19-11-25)37-27-14-6-22(7-15-27)31-32(39-33(36-31)24-4-2-1-3-5-24)23-8-16-28(17-9-23)38-30-20-12-26(35)13-21-30/h1-21H,34-35H2. The lowest BCUT2D eigenvalue weighted by Crippen LogP contribution is -1.88. The summed E-state index contributed by atoms with van der Waals surface area (Å²) in [6, 6.07) is 39.9. The number of nitrogens with two attached hydrogens (primary N) is 2. The van der Waals surface area contributed by atoms with E-state index in [4.69, 9.17) is 30.3 Å². The number of rotatable bonds is 7. The Morgan fingerprint density at radius 1 is 0.462 bits per heavy atom. The SMILES string of the molecule is Nc1ccc(Oc2ccc(-c3nc(-c4ccccc4)oc3-c3ccc(Oc4ccc(N)cc4)cc3)cc2)cc1. The van der Waals surface area contributed by atoms with Crippen LogP contribution in [0.15, 0.2) is 132 Å². The van der Waals surface area contributed by atoms with Gasteiger partial charge in [-0.15, -0.1) is 0 Å². The minimum absolute atomic E-state index is 0.546. The molecule has 0 unspecified atom stereocenters. The highest BCUT2D eigenvalue weighted by atomic mass is 16.5. The second kappa shape index (κ2) is 10.5. The lowest BCUT2D eigenvalue weighted by atomic mass is 10.1. The van der Waals surface area contributed by atoms with E-state index in [9.17, 15) is 0 Å². The van der Waals surface area contributed by atoms with E-state index in [1.807, 2.05) is 127 Å². The van der Waals surface area contributed by atoms with E-state index in [0.717, 1.165) is 22.4 Å². The quantitative estimate of drug-likeness (QED) is 0.209. The molecule has 6 nitrogen and oxygen atoms in total. The molecule has 0 spiro atoms. The minimum atomic E-state index is 0.546. The first kappa shape index (κ1) is 23.9. The number of aromatic nitrogens is 1. The summed E-state index contributed by atoms with van der Waals surface area (Å²) < 4.78 is 18.3. The Morgan fingerprint density at radius 2 is 0.897 bits per heavy atom. The first-order valence-corrected chi connectivity index (χ1v) is 12.4. The predicted octanol–water partition coefficient (Wildman–Crippen LogP) is 8.42. The lowest BCUT2D eigenvalue weighted by Gasteiger charge is -2.08. The Hall–Kier alpha value is -5.49. The van der Waals surface area contributed by atoms with Gasteiger partial charge < -0.3 is 25.4 Å². The van der Waals surface area contributed by atoms with Crippen LogP contribution in [0.2, 0.25) is 0 Å². The molecule has 0 aliphatic carbocycles. The van der Waals surface area contributed by atoms with Gasteiger partial charge in [-0.1, -0.05) is 18.2 Å². The number of nitrogens with zero attached hydrogens (tertiary/aromatic N) is 1. The van der Waals surface area contributed by atoms with Crippen molar-refractivity contribution in [3.8, 4) is 57.0 Å². The Morgan fingerprint density at radius 3 is 1.38 bits per heavy atom. The third kappa shape index (κ3) is 5.45. The fourth-order valence-electron chi connectivity index (χ4n) is 4.11. The van der Waals surface area contributed by atoms with E-state index in [-0.39, 0.29) is 0 Å². The third-order valence-corrected chi connectivity index (χ3v) is 6.12. The van der Waals surface area contributed by atoms with Crippen LogP contribution in [-0.2, 0) is 0 Å². The molecule has 0 aliphatic rings. The zero-order valence-electron chi connectivity index (χ0n) is 21.0. The molecule has 0 aliphatic heterocycles. The van der Waals surface area contributed by atoms with Gasteiger partial charge in [-0.25, -0.2) is 4.98 Å². The van der Waals surface area contributed by atoms with Crippen LogP contribution >= 0.6 is 0 Å². The maximum Gasteiger partial charge on any atom is 0.227 e. The highest BCUT2D eigenvalue weighted by molar-refractivity contribution is 5.79. The van der Waals surface area contributed by atoms with Crippen molar-refractivity contribution in [3.05, 3.63) is 127 Å². The maximum absolute atomic E-state index is 6.34. The van der Waals surface area contributed by atoms with Gasteiger partial charge in [0.25, 0.3) is 0 Å². The molecule has 0 bridgehead atoms. The fourth-order valence-corrected chi connectivity index (χ4v) is 4.11. The minimum Gasteiger partial charge on any atom is -0.457 e. The molecule has 1 heterocycles. The Labute approximate surface area is 226 Å². The molecule has 6 heteroatoms. The molecule has 190 valence electrons. The van der Waals surface area contributed by atoms with Crippen molar-refractivity contribution in [2.45, 2.75) is 0 Å². The maximum atomic E-state index is 6.34. The highest BCUT2D eigenvalue weighted by Gasteiger charge is 2.18. The highest BCUT2D eigenvalue weighted by Crippen LogP contribution is 2.38. The number of nitrogen functional groups attached to an aromatic ring is 2. The number of hydrogen-bond acceptors (Lipinski definition) is 6. The van der Waals surface area contributed by atoms with Crippen molar-refractivity contribution in [1.29, 1.82) is 0 Å². The van der Waals surface area contributed by atoms with E-state index < -0.39 is 0 Å². The zero-order valence-corrected chi connectivity index (χ0v) is 21.0.